The highest BCUT2D eigenvalue weighted by molar-refractivity contribution is 9.10. The molecule has 0 fully saturated rings. The monoisotopic (exact) mass is 536 g/mol. The molecule has 9 heteroatoms. The van der Waals surface area contributed by atoms with Crippen LogP contribution in [0.2, 0.25) is 0 Å². The molecule has 0 aliphatic heterocycles. The number of hydrazone groups is 1. The van der Waals surface area contributed by atoms with Crippen LogP contribution in [0.15, 0.2) is 92.3 Å². The van der Waals surface area contributed by atoms with Crippen molar-refractivity contribution in [2.75, 3.05) is 12.9 Å². The van der Waals surface area contributed by atoms with Crippen LogP contribution < -0.4 is 15.7 Å². The number of methoxy groups -OCH3 is 1. The number of nitrogens with zero attached hydrogens (tertiary/aromatic N) is 3. The highest BCUT2D eigenvalue weighted by Gasteiger charge is 2.15. The normalized spacial score (nSPS) is 11.4. The van der Waals surface area contributed by atoms with Gasteiger partial charge in [0, 0.05) is 4.47 Å². The maximum Gasteiger partial charge on any atom is 0.266 e. The Morgan fingerprint density at radius 3 is 2.50 bits per heavy atom. The van der Waals surface area contributed by atoms with E-state index in [0.717, 1.165) is 10.0 Å². The zero-order valence-corrected chi connectivity index (χ0v) is 20.9. The quantitative estimate of drug-likeness (QED) is 0.159. The molecule has 1 aromatic heterocycles. The number of hydrogen-bond acceptors (Lipinski definition) is 6. The van der Waals surface area contributed by atoms with Crippen LogP contribution in [0.5, 0.6) is 5.75 Å². The van der Waals surface area contributed by atoms with Gasteiger partial charge in [0.25, 0.3) is 11.5 Å². The van der Waals surface area contributed by atoms with Crippen molar-refractivity contribution in [3.05, 3.63) is 93.2 Å². The minimum Gasteiger partial charge on any atom is -0.497 e. The predicted octanol–water partition coefficient (Wildman–Crippen LogP) is 4.79. The molecule has 0 aliphatic rings. The number of para-hydroxylation sites is 1. The van der Waals surface area contributed by atoms with Crippen molar-refractivity contribution in [2.45, 2.75) is 12.1 Å². The van der Waals surface area contributed by atoms with Crippen LogP contribution >= 0.6 is 27.7 Å². The lowest BCUT2D eigenvalue weighted by Gasteiger charge is -2.13. The van der Waals surface area contributed by atoms with Gasteiger partial charge in [-0.15, -0.1) is 0 Å². The number of carbonyl (C=O) groups is 1. The van der Waals surface area contributed by atoms with Gasteiger partial charge in [-0.05, 0) is 61.0 Å². The lowest BCUT2D eigenvalue weighted by Crippen LogP contribution is -2.24. The Bertz CT molecular complexity index is 1420. The van der Waals surface area contributed by atoms with Gasteiger partial charge < -0.3 is 4.74 Å². The van der Waals surface area contributed by atoms with E-state index in [1.165, 1.54) is 16.3 Å². The molecule has 0 aliphatic carbocycles. The molecule has 0 bridgehead atoms. The first kappa shape index (κ1) is 23.7. The summed E-state index contributed by atoms with van der Waals surface area (Å²) < 4.78 is 7.70. The van der Waals surface area contributed by atoms with E-state index in [1.54, 1.807) is 49.6 Å². The van der Waals surface area contributed by atoms with Gasteiger partial charge in [0.2, 0.25) is 0 Å². The van der Waals surface area contributed by atoms with E-state index < -0.39 is 0 Å². The number of carbonyl (C=O) groups excluding carboxylic acids is 1. The smallest absolute Gasteiger partial charge is 0.266 e. The summed E-state index contributed by atoms with van der Waals surface area (Å²) in [6.45, 7) is 1.82. The van der Waals surface area contributed by atoms with Crippen LogP contribution in [0.3, 0.4) is 0 Å². The van der Waals surface area contributed by atoms with Crippen LogP contribution in [0, 0.1) is 0 Å². The molecule has 3 aromatic carbocycles. The van der Waals surface area contributed by atoms with Crippen molar-refractivity contribution >= 4 is 50.2 Å². The van der Waals surface area contributed by atoms with Crippen molar-refractivity contribution in [1.82, 2.24) is 15.0 Å². The van der Waals surface area contributed by atoms with Crippen molar-refractivity contribution in [1.29, 1.82) is 0 Å². The van der Waals surface area contributed by atoms with E-state index in [4.69, 9.17) is 4.74 Å². The number of benzene rings is 3. The molecule has 1 amide bonds. The van der Waals surface area contributed by atoms with Crippen LogP contribution in [0.25, 0.3) is 16.6 Å². The van der Waals surface area contributed by atoms with Gasteiger partial charge in [0.05, 0.1) is 35.2 Å². The summed E-state index contributed by atoms with van der Waals surface area (Å²) in [5.41, 5.74) is 5.17. The van der Waals surface area contributed by atoms with Crippen molar-refractivity contribution in [2.24, 2.45) is 5.10 Å². The largest absolute Gasteiger partial charge is 0.497 e. The lowest BCUT2D eigenvalue weighted by atomic mass is 10.1. The highest BCUT2D eigenvalue weighted by atomic mass is 79.9. The molecule has 4 rings (SSSR count). The number of halogens is 1. The Labute approximate surface area is 209 Å². The minimum absolute atomic E-state index is 0.0397. The van der Waals surface area contributed by atoms with Gasteiger partial charge in [0.15, 0.2) is 5.16 Å². The Balaban J connectivity index is 1.58. The van der Waals surface area contributed by atoms with E-state index >= 15 is 0 Å². The number of fused-ring (bicyclic) bond motifs is 1. The van der Waals surface area contributed by atoms with E-state index in [1.807, 2.05) is 37.3 Å². The van der Waals surface area contributed by atoms with Gasteiger partial charge in [0.1, 0.15) is 5.75 Å². The number of ether oxygens (including phenoxy) is 1. The Morgan fingerprint density at radius 2 is 1.79 bits per heavy atom. The first-order valence-corrected chi connectivity index (χ1v) is 12.1. The van der Waals surface area contributed by atoms with Crippen LogP contribution in [0.4, 0.5) is 0 Å². The second kappa shape index (κ2) is 10.7. The summed E-state index contributed by atoms with van der Waals surface area (Å²) in [6, 6.07) is 21.9. The van der Waals surface area contributed by atoms with Crippen LogP contribution in [-0.2, 0) is 4.79 Å². The number of rotatable bonds is 7. The zero-order valence-electron chi connectivity index (χ0n) is 18.5. The molecule has 0 unspecified atom stereocenters. The molecule has 0 atom stereocenters. The van der Waals surface area contributed by atoms with E-state index in [2.05, 4.69) is 31.4 Å². The molecular weight excluding hydrogens is 516 g/mol. The number of amides is 1. The van der Waals surface area contributed by atoms with Crippen LogP contribution in [0.1, 0.15) is 12.5 Å². The van der Waals surface area contributed by atoms with Crippen molar-refractivity contribution in [3.63, 3.8) is 0 Å². The Hall–Kier alpha value is -3.43. The summed E-state index contributed by atoms with van der Waals surface area (Å²) in [7, 11) is 1.58. The van der Waals surface area contributed by atoms with Crippen molar-refractivity contribution in [3.8, 4) is 11.4 Å². The van der Waals surface area contributed by atoms with Gasteiger partial charge in [-0.1, -0.05) is 52.0 Å². The minimum atomic E-state index is -0.301. The fraction of sp³-hybridized carbons (Fsp3) is 0.120. The average Bonchev–Trinajstić information content (AvgIpc) is 2.86. The fourth-order valence-corrected chi connectivity index (χ4v) is 4.30. The maximum absolute atomic E-state index is 13.3. The lowest BCUT2D eigenvalue weighted by molar-refractivity contribution is -0.118. The summed E-state index contributed by atoms with van der Waals surface area (Å²) >= 11 is 4.57. The molecule has 0 spiro atoms. The van der Waals surface area contributed by atoms with E-state index in [0.29, 0.717) is 33.2 Å². The van der Waals surface area contributed by atoms with Gasteiger partial charge in [-0.3, -0.25) is 14.2 Å². The Morgan fingerprint density at radius 1 is 1.09 bits per heavy atom. The first-order chi connectivity index (χ1) is 16.5. The number of hydrogen-bond donors (Lipinski definition) is 1. The van der Waals surface area contributed by atoms with Gasteiger partial charge in [-0.2, -0.15) is 5.10 Å². The third kappa shape index (κ3) is 5.37. The Kier molecular flexibility index (Phi) is 7.44. The highest BCUT2D eigenvalue weighted by Crippen LogP contribution is 2.22. The molecule has 1 N–H and O–H groups in total. The molecule has 172 valence electrons. The number of aromatic nitrogens is 2. The molecule has 4 aromatic rings. The number of thioether (sulfide) groups is 1. The van der Waals surface area contributed by atoms with E-state index in [9.17, 15) is 9.59 Å². The third-order valence-corrected chi connectivity index (χ3v) is 6.49. The molecule has 0 radical (unpaired) electrons. The molecule has 7 nitrogen and oxygen atoms in total. The van der Waals surface area contributed by atoms with E-state index in [-0.39, 0.29) is 17.2 Å². The molecule has 1 heterocycles. The maximum atomic E-state index is 13.3. The second-order valence-corrected chi connectivity index (χ2v) is 9.14. The van der Waals surface area contributed by atoms with Crippen LogP contribution in [-0.4, -0.2) is 34.0 Å². The predicted molar refractivity (Wildman–Crippen MR) is 139 cm³/mol. The van der Waals surface area contributed by atoms with Gasteiger partial charge in [-0.25, -0.2) is 10.4 Å². The average molecular weight is 537 g/mol. The zero-order chi connectivity index (χ0) is 24.1. The molecule has 0 saturated carbocycles. The SMILES string of the molecule is COc1ccc(-n2c(SCC(=O)N/N=C(\C)c3ccc(Br)cc3)nc3ccccc3c2=O)cc1. The summed E-state index contributed by atoms with van der Waals surface area (Å²) in [5.74, 6) is 0.418. The molecule has 34 heavy (non-hydrogen) atoms. The third-order valence-electron chi connectivity index (χ3n) is 5.02. The van der Waals surface area contributed by atoms with Gasteiger partial charge >= 0.3 is 0 Å². The summed E-state index contributed by atoms with van der Waals surface area (Å²) in [6.07, 6.45) is 0. The fourth-order valence-electron chi connectivity index (χ4n) is 3.23. The standard InChI is InChI=1S/C25H21BrN4O3S/c1-16(17-7-9-18(26)10-8-17)28-29-23(31)15-34-25-27-22-6-4-3-5-21(22)24(32)30(25)19-11-13-20(33-2)14-12-19/h3-14H,15H2,1-2H3,(H,29,31)/b28-16+. The second-order valence-electron chi connectivity index (χ2n) is 7.28. The summed E-state index contributed by atoms with van der Waals surface area (Å²) in [5, 5.41) is 5.11. The molecular formula is C25H21BrN4O3S. The summed E-state index contributed by atoms with van der Waals surface area (Å²) in [4.78, 5) is 30.5. The first-order valence-electron chi connectivity index (χ1n) is 10.3. The van der Waals surface area contributed by atoms with Crippen molar-refractivity contribution < 1.29 is 9.53 Å². The number of nitrogens with one attached hydrogen (secondary N) is 1. The molecule has 0 saturated heterocycles. The topological polar surface area (TPSA) is 85.6 Å².